The third kappa shape index (κ3) is 4.99. The molecule has 0 saturated heterocycles. The number of hydrogen-bond donors (Lipinski definition) is 1. The Labute approximate surface area is 197 Å². The van der Waals surface area contributed by atoms with Crippen molar-refractivity contribution < 1.29 is 22.7 Å². The van der Waals surface area contributed by atoms with Crippen LogP contribution in [0.2, 0.25) is 0 Å². The van der Waals surface area contributed by atoms with Gasteiger partial charge in [0.2, 0.25) is 0 Å². The molecule has 1 aromatic heterocycles. The van der Waals surface area contributed by atoms with Crippen LogP contribution < -0.4 is 14.2 Å². The highest BCUT2D eigenvalue weighted by atomic mass is 32.2. The molecule has 1 saturated carbocycles. The first-order valence-electron chi connectivity index (χ1n) is 10.9. The zero-order valence-electron chi connectivity index (χ0n) is 17.9. The van der Waals surface area contributed by atoms with Crippen LogP contribution in [0.25, 0.3) is 0 Å². The first kappa shape index (κ1) is 21.8. The number of rotatable bonds is 7. The summed E-state index contributed by atoms with van der Waals surface area (Å²) in [4.78, 5) is 16.2. The van der Waals surface area contributed by atoms with Crippen LogP contribution in [0, 0.1) is 0 Å². The molecule has 7 nitrogen and oxygen atoms in total. The number of fused-ring (bicyclic) bond motifs is 1. The molecule has 0 bridgehead atoms. The number of nitrogens with zero attached hydrogens (tertiary/aromatic N) is 1. The number of carbonyl (C=O) groups is 1. The van der Waals surface area contributed by atoms with Gasteiger partial charge in [-0.25, -0.2) is 8.42 Å². The third-order valence-electron chi connectivity index (χ3n) is 5.57. The van der Waals surface area contributed by atoms with Crippen LogP contribution in [-0.4, -0.2) is 38.5 Å². The maximum absolute atomic E-state index is 13.1. The van der Waals surface area contributed by atoms with E-state index in [1.165, 1.54) is 12.1 Å². The minimum atomic E-state index is -3.83. The second-order valence-corrected chi connectivity index (χ2v) is 10.8. The summed E-state index contributed by atoms with van der Waals surface area (Å²) in [6.45, 7) is 1.61. The number of amides is 1. The number of sulfonamides is 1. The number of hydrogen-bond acceptors (Lipinski definition) is 6. The van der Waals surface area contributed by atoms with E-state index in [0.717, 1.165) is 24.1 Å². The van der Waals surface area contributed by atoms with Crippen LogP contribution in [-0.2, 0) is 16.6 Å². The molecule has 0 unspecified atom stereocenters. The van der Waals surface area contributed by atoms with Gasteiger partial charge in [-0.3, -0.25) is 9.52 Å². The first-order valence-corrected chi connectivity index (χ1v) is 13.2. The van der Waals surface area contributed by atoms with Gasteiger partial charge in [-0.15, -0.1) is 11.3 Å². The standard InChI is InChI=1S/C24H24N2O5S2/c27-24(26(19-8-9-19)16-20-3-1-14-32-20)17-4-6-18(7-5-17)25-33(28,29)21-10-11-22-23(15-21)31-13-2-12-30-22/h1,3-7,10-11,14-15,19,25H,2,8-9,12-13,16H2. The lowest BCUT2D eigenvalue weighted by Crippen LogP contribution is -2.32. The van der Waals surface area contributed by atoms with Crippen molar-refractivity contribution in [3.8, 4) is 11.5 Å². The molecule has 1 fully saturated rings. The molecule has 2 heterocycles. The average Bonchev–Trinajstić information content (AvgIpc) is 3.57. The van der Waals surface area contributed by atoms with Gasteiger partial charge in [0.15, 0.2) is 11.5 Å². The van der Waals surface area contributed by atoms with Crippen molar-refractivity contribution in [2.24, 2.45) is 0 Å². The van der Waals surface area contributed by atoms with Gasteiger partial charge in [-0.05, 0) is 60.7 Å². The summed E-state index contributed by atoms with van der Waals surface area (Å²) in [5.41, 5.74) is 0.923. The number of anilines is 1. The lowest BCUT2D eigenvalue weighted by Gasteiger charge is -2.22. The van der Waals surface area contributed by atoms with Crippen LogP contribution in [0.15, 0.2) is 64.9 Å². The Balaban J connectivity index is 1.30. The van der Waals surface area contributed by atoms with Gasteiger partial charge >= 0.3 is 0 Å². The van der Waals surface area contributed by atoms with Gasteiger partial charge in [0.1, 0.15) is 0 Å². The fourth-order valence-corrected chi connectivity index (χ4v) is 5.47. The topological polar surface area (TPSA) is 84.9 Å². The Hall–Kier alpha value is -3.04. The van der Waals surface area contributed by atoms with Crippen LogP contribution in [0.5, 0.6) is 11.5 Å². The quantitative estimate of drug-likeness (QED) is 0.533. The maximum atomic E-state index is 13.1. The molecule has 1 amide bonds. The Bertz CT molecular complexity index is 1240. The Morgan fingerprint density at radius 2 is 1.79 bits per heavy atom. The Kier molecular flexibility index (Phi) is 5.99. The normalized spacial score (nSPS) is 15.5. The van der Waals surface area contributed by atoms with E-state index in [0.29, 0.717) is 42.5 Å². The van der Waals surface area contributed by atoms with Gasteiger partial charge in [0.25, 0.3) is 15.9 Å². The summed E-state index contributed by atoms with van der Waals surface area (Å²) < 4.78 is 39.5. The molecule has 1 aliphatic carbocycles. The highest BCUT2D eigenvalue weighted by Gasteiger charge is 2.33. The molecule has 1 N–H and O–H groups in total. The summed E-state index contributed by atoms with van der Waals surface area (Å²) in [5, 5.41) is 2.01. The molecule has 0 radical (unpaired) electrons. The number of ether oxygens (including phenoxy) is 2. The predicted molar refractivity (Wildman–Crippen MR) is 127 cm³/mol. The average molecular weight is 485 g/mol. The van der Waals surface area contributed by atoms with Crippen molar-refractivity contribution >= 4 is 33.0 Å². The molecule has 33 heavy (non-hydrogen) atoms. The minimum Gasteiger partial charge on any atom is -0.490 e. The van der Waals surface area contributed by atoms with Crippen molar-refractivity contribution in [3.63, 3.8) is 0 Å². The third-order valence-corrected chi connectivity index (χ3v) is 7.81. The molecule has 0 atom stereocenters. The summed E-state index contributed by atoms with van der Waals surface area (Å²) in [6.07, 6.45) is 2.78. The molecular formula is C24H24N2O5S2. The van der Waals surface area contributed by atoms with E-state index in [1.54, 1.807) is 41.7 Å². The van der Waals surface area contributed by atoms with Crippen molar-refractivity contribution in [2.45, 2.75) is 36.7 Å². The molecule has 3 aromatic rings. The van der Waals surface area contributed by atoms with E-state index in [1.807, 2.05) is 22.4 Å². The molecule has 1 aliphatic heterocycles. The second kappa shape index (κ2) is 9.07. The number of thiophene rings is 1. The van der Waals surface area contributed by atoms with Gasteiger partial charge in [-0.1, -0.05) is 6.07 Å². The Morgan fingerprint density at radius 3 is 2.48 bits per heavy atom. The van der Waals surface area contributed by atoms with Crippen molar-refractivity contribution in [3.05, 3.63) is 70.4 Å². The SMILES string of the molecule is O=C(c1ccc(NS(=O)(=O)c2ccc3c(c2)OCCCO3)cc1)N(Cc1cccs1)C1CC1. The maximum Gasteiger partial charge on any atom is 0.262 e. The largest absolute Gasteiger partial charge is 0.490 e. The van der Waals surface area contributed by atoms with E-state index in [4.69, 9.17) is 9.47 Å². The van der Waals surface area contributed by atoms with Crippen LogP contribution >= 0.6 is 11.3 Å². The zero-order valence-corrected chi connectivity index (χ0v) is 19.5. The second-order valence-electron chi connectivity index (χ2n) is 8.09. The van der Waals surface area contributed by atoms with Gasteiger partial charge < -0.3 is 14.4 Å². The van der Waals surface area contributed by atoms with E-state index in [-0.39, 0.29) is 16.8 Å². The summed E-state index contributed by atoms with van der Waals surface area (Å²) in [6, 6.07) is 15.4. The highest BCUT2D eigenvalue weighted by molar-refractivity contribution is 7.92. The zero-order chi connectivity index (χ0) is 22.8. The Morgan fingerprint density at radius 1 is 1.03 bits per heavy atom. The van der Waals surface area contributed by atoms with Gasteiger partial charge in [-0.2, -0.15) is 0 Å². The molecule has 2 aromatic carbocycles. The highest BCUT2D eigenvalue weighted by Crippen LogP contribution is 2.33. The number of nitrogens with one attached hydrogen (secondary N) is 1. The summed E-state index contributed by atoms with van der Waals surface area (Å²) >= 11 is 1.64. The fourth-order valence-electron chi connectivity index (χ4n) is 3.69. The van der Waals surface area contributed by atoms with Crippen molar-refractivity contribution in [2.75, 3.05) is 17.9 Å². The van der Waals surface area contributed by atoms with Crippen LogP contribution in [0.4, 0.5) is 5.69 Å². The monoisotopic (exact) mass is 484 g/mol. The van der Waals surface area contributed by atoms with E-state index >= 15 is 0 Å². The molecule has 172 valence electrons. The lowest BCUT2D eigenvalue weighted by molar-refractivity contribution is 0.0731. The van der Waals surface area contributed by atoms with E-state index in [2.05, 4.69) is 4.72 Å². The molecular weight excluding hydrogens is 460 g/mol. The lowest BCUT2D eigenvalue weighted by atomic mass is 10.1. The van der Waals surface area contributed by atoms with Gasteiger partial charge in [0, 0.05) is 34.7 Å². The van der Waals surface area contributed by atoms with E-state index < -0.39 is 10.0 Å². The van der Waals surface area contributed by atoms with Gasteiger partial charge in [0.05, 0.1) is 24.7 Å². The van der Waals surface area contributed by atoms with Crippen molar-refractivity contribution in [1.29, 1.82) is 0 Å². The summed E-state index contributed by atoms with van der Waals surface area (Å²) in [7, 11) is -3.83. The fraction of sp³-hybridized carbons (Fsp3) is 0.292. The molecule has 2 aliphatic rings. The molecule has 9 heteroatoms. The molecule has 5 rings (SSSR count). The smallest absolute Gasteiger partial charge is 0.262 e. The predicted octanol–water partition coefficient (Wildman–Crippen LogP) is 4.52. The van der Waals surface area contributed by atoms with Crippen molar-refractivity contribution in [1.82, 2.24) is 4.90 Å². The number of benzene rings is 2. The minimum absolute atomic E-state index is 0.0387. The number of carbonyl (C=O) groups excluding carboxylic acids is 1. The van der Waals surface area contributed by atoms with E-state index in [9.17, 15) is 13.2 Å². The summed E-state index contributed by atoms with van der Waals surface area (Å²) in [5.74, 6) is 0.919. The van der Waals surface area contributed by atoms with Crippen LogP contribution in [0.3, 0.4) is 0 Å². The molecule has 0 spiro atoms. The van der Waals surface area contributed by atoms with Crippen LogP contribution in [0.1, 0.15) is 34.5 Å². The first-order chi connectivity index (χ1) is 16.0.